The van der Waals surface area contributed by atoms with Crippen molar-refractivity contribution in [2.24, 2.45) is 5.41 Å². The molecule has 37 heavy (non-hydrogen) atoms. The predicted octanol–water partition coefficient (Wildman–Crippen LogP) is 2.48. The van der Waals surface area contributed by atoms with Crippen molar-refractivity contribution in [1.82, 2.24) is 14.6 Å². The summed E-state index contributed by atoms with van der Waals surface area (Å²) in [6.07, 6.45) is 2.39. The van der Waals surface area contributed by atoms with Crippen LogP contribution in [0.5, 0.6) is 5.88 Å². The average Bonchev–Trinajstić information content (AvgIpc) is 2.92. The Hall–Kier alpha value is -2.53. The Kier molecular flexibility index (Phi) is 8.84. The van der Waals surface area contributed by atoms with Crippen LogP contribution in [-0.4, -0.2) is 81.0 Å². The third-order valence-corrected chi connectivity index (χ3v) is 9.62. The number of aryl methyl sites for hydroxylation is 1. The van der Waals surface area contributed by atoms with Gasteiger partial charge in [-0.3, -0.25) is 4.79 Å². The Morgan fingerprint density at radius 3 is 2.57 bits per heavy atom. The van der Waals surface area contributed by atoms with Gasteiger partial charge < -0.3 is 19.9 Å². The van der Waals surface area contributed by atoms with Gasteiger partial charge in [0.25, 0.3) is 0 Å². The van der Waals surface area contributed by atoms with Gasteiger partial charge in [0.05, 0.1) is 30.6 Å². The number of ether oxygens (including phenoxy) is 2. The molecule has 0 aliphatic carbocycles. The number of methoxy groups -OCH3 is 1. The first-order valence-electron chi connectivity index (χ1n) is 12.9. The van der Waals surface area contributed by atoms with Gasteiger partial charge in [0.1, 0.15) is 6.61 Å². The van der Waals surface area contributed by atoms with E-state index in [4.69, 9.17) is 14.6 Å². The number of esters is 1. The van der Waals surface area contributed by atoms with Crippen molar-refractivity contribution in [3.63, 3.8) is 0 Å². The molecule has 4 rings (SSSR count). The molecule has 2 saturated heterocycles. The summed E-state index contributed by atoms with van der Waals surface area (Å²) in [6, 6.07) is 11.9. The Labute approximate surface area is 219 Å². The van der Waals surface area contributed by atoms with E-state index in [1.165, 1.54) is 12.7 Å². The number of aliphatic hydroxyl groups is 1. The minimum atomic E-state index is -3.59. The third-order valence-electron chi connectivity index (χ3n) is 7.55. The van der Waals surface area contributed by atoms with Crippen molar-refractivity contribution in [3.8, 4) is 17.1 Å². The van der Waals surface area contributed by atoms with E-state index < -0.39 is 21.4 Å². The van der Waals surface area contributed by atoms with Crippen molar-refractivity contribution in [2.45, 2.75) is 38.5 Å². The monoisotopic (exact) mass is 531 g/mol. The second-order valence-corrected chi connectivity index (χ2v) is 11.9. The lowest BCUT2D eigenvalue weighted by Gasteiger charge is -2.38. The van der Waals surface area contributed by atoms with Crippen LogP contribution in [0.3, 0.4) is 0 Å². The highest BCUT2D eigenvalue weighted by atomic mass is 32.2. The zero-order valence-electron chi connectivity index (χ0n) is 21.6. The molecule has 0 bridgehead atoms. The van der Waals surface area contributed by atoms with E-state index in [9.17, 15) is 13.2 Å². The molecule has 1 aromatic heterocycles. The average molecular weight is 532 g/mol. The number of nitrogens with one attached hydrogen (secondary N) is 1. The fourth-order valence-electron chi connectivity index (χ4n) is 5.46. The van der Waals surface area contributed by atoms with Crippen molar-refractivity contribution in [2.75, 3.05) is 52.3 Å². The number of aromatic nitrogens is 1. The van der Waals surface area contributed by atoms with E-state index in [2.05, 4.69) is 28.5 Å². The number of carbonyl (C=O) groups excluding carboxylic acids is 1. The maximum atomic E-state index is 13.3. The lowest BCUT2D eigenvalue weighted by atomic mass is 9.81. The van der Waals surface area contributed by atoms with E-state index in [-0.39, 0.29) is 24.9 Å². The van der Waals surface area contributed by atoms with Crippen LogP contribution in [-0.2, 0) is 19.6 Å². The summed E-state index contributed by atoms with van der Waals surface area (Å²) in [6.45, 7) is 4.28. The number of carbonyl (C=O) groups is 1. The van der Waals surface area contributed by atoms with Crippen LogP contribution in [0.4, 0.5) is 0 Å². The van der Waals surface area contributed by atoms with Crippen LogP contribution < -0.4 is 10.1 Å². The van der Waals surface area contributed by atoms with Gasteiger partial charge in [-0.1, -0.05) is 24.3 Å². The Bertz CT molecular complexity index is 1190. The summed E-state index contributed by atoms with van der Waals surface area (Å²) in [5.74, 6) is 0.117. The lowest BCUT2D eigenvalue weighted by molar-refractivity contribution is -0.153. The minimum Gasteiger partial charge on any atom is -0.475 e. The number of rotatable bonds is 9. The third kappa shape index (κ3) is 6.31. The van der Waals surface area contributed by atoms with E-state index in [1.807, 2.05) is 19.1 Å². The standard InChI is InChI=1S/C27H37N3O6S/c1-20-18-22(6-7-23(20)24-4-3-5-25(29-24)36-17-16-31)21-8-14-30(15-9-21)37(33,34)19-27(26(32)35-2)10-12-28-13-11-27/h3-7,18,21,28,31H,8-17,19H2,1-2H3. The summed E-state index contributed by atoms with van der Waals surface area (Å²) in [5.41, 5.74) is 3.11. The van der Waals surface area contributed by atoms with Gasteiger partial charge in [0.15, 0.2) is 0 Å². The van der Waals surface area contributed by atoms with E-state index in [1.54, 1.807) is 10.4 Å². The number of nitrogens with zero attached hydrogens (tertiary/aromatic N) is 2. The van der Waals surface area contributed by atoms with E-state index in [0.717, 1.165) is 29.7 Å². The molecule has 0 saturated carbocycles. The van der Waals surface area contributed by atoms with Gasteiger partial charge in [0, 0.05) is 24.7 Å². The molecule has 0 radical (unpaired) electrons. The molecule has 0 atom stereocenters. The zero-order valence-corrected chi connectivity index (χ0v) is 22.4. The number of sulfonamides is 1. The Morgan fingerprint density at radius 2 is 1.92 bits per heavy atom. The van der Waals surface area contributed by atoms with Crippen LogP contribution in [0.1, 0.15) is 42.7 Å². The second-order valence-electron chi connectivity index (χ2n) is 9.96. The molecule has 10 heteroatoms. The van der Waals surface area contributed by atoms with Gasteiger partial charge in [-0.25, -0.2) is 17.7 Å². The minimum absolute atomic E-state index is 0.0661. The number of aliphatic hydroxyl groups excluding tert-OH is 1. The topological polar surface area (TPSA) is 118 Å². The largest absolute Gasteiger partial charge is 0.475 e. The van der Waals surface area contributed by atoms with E-state index >= 15 is 0 Å². The fourth-order valence-corrected chi connectivity index (χ4v) is 7.52. The maximum Gasteiger partial charge on any atom is 0.312 e. The van der Waals surface area contributed by atoms with Gasteiger partial charge in [-0.05, 0) is 68.8 Å². The lowest BCUT2D eigenvalue weighted by Crippen LogP contribution is -2.50. The smallest absolute Gasteiger partial charge is 0.312 e. The Balaban J connectivity index is 1.42. The molecule has 3 heterocycles. The number of hydrogen-bond donors (Lipinski definition) is 2. The van der Waals surface area contributed by atoms with Crippen LogP contribution in [0.15, 0.2) is 36.4 Å². The van der Waals surface area contributed by atoms with Gasteiger partial charge >= 0.3 is 5.97 Å². The van der Waals surface area contributed by atoms with Crippen molar-refractivity contribution < 1.29 is 27.8 Å². The molecule has 2 N–H and O–H groups in total. The van der Waals surface area contributed by atoms with Crippen LogP contribution in [0.25, 0.3) is 11.3 Å². The summed E-state index contributed by atoms with van der Waals surface area (Å²) in [7, 11) is -2.27. The van der Waals surface area contributed by atoms with Gasteiger partial charge in [-0.2, -0.15) is 0 Å². The molecule has 202 valence electrons. The Morgan fingerprint density at radius 1 is 1.19 bits per heavy atom. The molecule has 1 aromatic carbocycles. The first-order valence-corrected chi connectivity index (χ1v) is 14.5. The number of hydrogen-bond acceptors (Lipinski definition) is 8. The van der Waals surface area contributed by atoms with Crippen LogP contribution in [0, 0.1) is 12.3 Å². The fraction of sp³-hybridized carbons (Fsp3) is 0.556. The number of piperidine rings is 2. The highest BCUT2D eigenvalue weighted by Gasteiger charge is 2.46. The van der Waals surface area contributed by atoms with Gasteiger partial charge in [0.2, 0.25) is 15.9 Å². The maximum absolute atomic E-state index is 13.3. The number of pyridine rings is 1. The molecular weight excluding hydrogens is 494 g/mol. The van der Waals surface area contributed by atoms with Crippen molar-refractivity contribution >= 4 is 16.0 Å². The molecule has 0 spiro atoms. The molecular formula is C27H37N3O6S. The second kappa shape index (κ2) is 11.9. The molecule has 0 unspecified atom stereocenters. The molecule has 0 amide bonds. The quantitative estimate of drug-likeness (QED) is 0.474. The highest BCUT2D eigenvalue weighted by molar-refractivity contribution is 7.89. The van der Waals surface area contributed by atoms with Crippen LogP contribution >= 0.6 is 0 Å². The SMILES string of the molecule is COC(=O)C1(CS(=O)(=O)N2CCC(c3ccc(-c4cccc(OCCO)n4)c(C)c3)CC2)CCNCC1. The zero-order chi connectivity index (χ0) is 26.5. The summed E-state index contributed by atoms with van der Waals surface area (Å²) >= 11 is 0. The molecule has 2 aromatic rings. The van der Waals surface area contributed by atoms with Crippen molar-refractivity contribution in [1.29, 1.82) is 0 Å². The summed E-state index contributed by atoms with van der Waals surface area (Å²) < 4.78 is 38.7. The molecule has 2 aliphatic rings. The predicted molar refractivity (Wildman–Crippen MR) is 141 cm³/mol. The van der Waals surface area contributed by atoms with Crippen molar-refractivity contribution in [3.05, 3.63) is 47.5 Å². The summed E-state index contributed by atoms with van der Waals surface area (Å²) in [4.78, 5) is 17.1. The first kappa shape index (κ1) is 27.5. The van der Waals surface area contributed by atoms with Gasteiger partial charge in [-0.15, -0.1) is 0 Å². The summed E-state index contributed by atoms with van der Waals surface area (Å²) in [5, 5.41) is 12.2. The molecule has 2 fully saturated rings. The van der Waals surface area contributed by atoms with Crippen LogP contribution in [0.2, 0.25) is 0 Å². The highest BCUT2D eigenvalue weighted by Crippen LogP contribution is 2.36. The number of benzene rings is 1. The van der Waals surface area contributed by atoms with E-state index in [0.29, 0.717) is 44.9 Å². The molecule has 9 nitrogen and oxygen atoms in total. The first-order chi connectivity index (χ1) is 17.8. The normalized spacial score (nSPS) is 18.9. The molecule has 2 aliphatic heterocycles.